The number of ether oxygens (including phenoxy) is 3. The molecule has 4 heteroatoms. The topological polar surface area (TPSA) is 31.0 Å². The summed E-state index contributed by atoms with van der Waals surface area (Å²) in [5.74, 6) is 0.742. The molecule has 3 atom stereocenters. The molecule has 0 amide bonds. The lowest BCUT2D eigenvalue weighted by atomic mass is 9.86. The van der Waals surface area contributed by atoms with E-state index in [2.05, 4.69) is 20.8 Å². The van der Waals surface area contributed by atoms with Crippen LogP contribution in [0.15, 0.2) is 0 Å². The van der Waals surface area contributed by atoms with Gasteiger partial charge in [0.15, 0.2) is 0 Å². The quantitative estimate of drug-likeness (QED) is 0.386. The fourth-order valence-corrected chi connectivity index (χ4v) is 5.50. The third-order valence-electron chi connectivity index (χ3n) is 4.16. The van der Waals surface area contributed by atoms with Crippen LogP contribution in [0.3, 0.4) is 0 Å². The van der Waals surface area contributed by atoms with Gasteiger partial charge in [-0.05, 0) is 45.4 Å². The van der Waals surface area contributed by atoms with Crippen molar-refractivity contribution in [1.82, 2.24) is 0 Å². The second-order valence-electron chi connectivity index (χ2n) is 5.62. The number of hydrogen-bond acceptors (Lipinski definition) is 3. The Morgan fingerprint density at radius 1 is 1.11 bits per heavy atom. The van der Waals surface area contributed by atoms with Crippen LogP contribution in [0.25, 0.3) is 0 Å². The zero-order chi connectivity index (χ0) is 13.0. The van der Waals surface area contributed by atoms with E-state index >= 15 is 0 Å². The Labute approximate surface area is 113 Å². The highest BCUT2D eigenvalue weighted by atomic mass is 28.2. The van der Waals surface area contributed by atoms with E-state index in [1.165, 1.54) is 25.3 Å². The summed E-state index contributed by atoms with van der Waals surface area (Å²) in [4.78, 5) is 0. The molecule has 0 N–H and O–H groups in total. The third-order valence-corrected chi connectivity index (χ3v) is 6.12. The van der Waals surface area contributed by atoms with Crippen LogP contribution >= 0.6 is 0 Å². The SMILES string of the molecule is CCOC(CC1CCC2OC2C1)(OCC)[SiH2]CC. The van der Waals surface area contributed by atoms with Crippen LogP contribution in [-0.4, -0.2) is 40.4 Å². The first kappa shape index (κ1) is 14.5. The average molecular weight is 272 g/mol. The molecule has 2 aliphatic rings. The van der Waals surface area contributed by atoms with Crippen LogP contribution in [0.2, 0.25) is 6.04 Å². The number of rotatable bonds is 8. The Morgan fingerprint density at radius 3 is 2.39 bits per heavy atom. The Morgan fingerprint density at radius 2 is 1.83 bits per heavy atom. The van der Waals surface area contributed by atoms with E-state index in [4.69, 9.17) is 14.2 Å². The first-order valence-electron chi connectivity index (χ1n) is 7.66. The summed E-state index contributed by atoms with van der Waals surface area (Å²) in [5, 5.41) is 0. The Balaban J connectivity index is 1.92. The first-order chi connectivity index (χ1) is 8.73. The monoisotopic (exact) mass is 272 g/mol. The molecule has 1 aliphatic carbocycles. The molecule has 0 aromatic heterocycles. The van der Waals surface area contributed by atoms with Gasteiger partial charge in [-0.3, -0.25) is 0 Å². The first-order valence-corrected chi connectivity index (χ1v) is 9.37. The van der Waals surface area contributed by atoms with E-state index < -0.39 is 0 Å². The summed E-state index contributed by atoms with van der Waals surface area (Å²) in [6.45, 7) is 7.96. The summed E-state index contributed by atoms with van der Waals surface area (Å²) < 4.78 is 17.8. The molecule has 0 spiro atoms. The van der Waals surface area contributed by atoms with Crippen molar-refractivity contribution in [3.63, 3.8) is 0 Å². The highest BCUT2D eigenvalue weighted by molar-refractivity contribution is 6.38. The molecule has 106 valence electrons. The van der Waals surface area contributed by atoms with Crippen LogP contribution in [0, 0.1) is 5.92 Å². The lowest BCUT2D eigenvalue weighted by Gasteiger charge is -2.37. The molecule has 0 radical (unpaired) electrons. The lowest BCUT2D eigenvalue weighted by molar-refractivity contribution is -0.186. The van der Waals surface area contributed by atoms with Gasteiger partial charge < -0.3 is 14.2 Å². The minimum Gasteiger partial charge on any atom is -0.370 e. The smallest absolute Gasteiger partial charge is 0.145 e. The van der Waals surface area contributed by atoms with Gasteiger partial charge in [-0.25, -0.2) is 0 Å². The van der Waals surface area contributed by atoms with Crippen molar-refractivity contribution in [2.75, 3.05) is 13.2 Å². The molecule has 3 nitrogen and oxygen atoms in total. The molecule has 3 unspecified atom stereocenters. The molecule has 2 rings (SSSR count). The molecular weight excluding hydrogens is 244 g/mol. The maximum atomic E-state index is 6.06. The van der Waals surface area contributed by atoms with Crippen LogP contribution in [-0.2, 0) is 14.2 Å². The summed E-state index contributed by atoms with van der Waals surface area (Å²) in [5.41, 5.74) is -0.204. The van der Waals surface area contributed by atoms with Crippen molar-refractivity contribution in [2.24, 2.45) is 5.92 Å². The zero-order valence-electron chi connectivity index (χ0n) is 12.1. The summed E-state index contributed by atoms with van der Waals surface area (Å²) in [6, 6.07) is 1.25. The molecule has 1 saturated carbocycles. The van der Waals surface area contributed by atoms with E-state index in [1.807, 2.05) is 0 Å². The van der Waals surface area contributed by atoms with Crippen LogP contribution in [0.4, 0.5) is 0 Å². The molecule has 1 saturated heterocycles. The van der Waals surface area contributed by atoms with Gasteiger partial charge >= 0.3 is 0 Å². The van der Waals surface area contributed by atoms with Gasteiger partial charge in [-0.15, -0.1) is 0 Å². The van der Waals surface area contributed by atoms with Crippen molar-refractivity contribution in [1.29, 1.82) is 0 Å². The van der Waals surface area contributed by atoms with Gasteiger partial charge in [0.25, 0.3) is 0 Å². The second kappa shape index (κ2) is 6.50. The Bertz CT molecular complexity index is 242. The largest absolute Gasteiger partial charge is 0.370 e. The van der Waals surface area contributed by atoms with Crippen molar-refractivity contribution in [2.45, 2.75) is 70.1 Å². The minimum absolute atomic E-state index is 0.204. The minimum atomic E-state index is -0.327. The highest BCUT2D eigenvalue weighted by Gasteiger charge is 2.46. The van der Waals surface area contributed by atoms with E-state index in [0.29, 0.717) is 12.2 Å². The third kappa shape index (κ3) is 3.56. The van der Waals surface area contributed by atoms with Gasteiger partial charge in [0.05, 0.1) is 21.7 Å². The molecule has 18 heavy (non-hydrogen) atoms. The van der Waals surface area contributed by atoms with Crippen LogP contribution in [0.5, 0.6) is 0 Å². The van der Waals surface area contributed by atoms with Crippen LogP contribution in [0.1, 0.15) is 46.5 Å². The fraction of sp³-hybridized carbons (Fsp3) is 1.00. The van der Waals surface area contributed by atoms with Crippen molar-refractivity contribution >= 4 is 9.52 Å². The Hall–Kier alpha value is 0.0969. The lowest BCUT2D eigenvalue weighted by Crippen LogP contribution is -2.44. The van der Waals surface area contributed by atoms with Gasteiger partial charge in [-0.2, -0.15) is 0 Å². The maximum Gasteiger partial charge on any atom is 0.145 e. The van der Waals surface area contributed by atoms with Crippen molar-refractivity contribution in [3.05, 3.63) is 0 Å². The molecule has 0 aromatic carbocycles. The van der Waals surface area contributed by atoms with E-state index in [0.717, 1.165) is 25.6 Å². The van der Waals surface area contributed by atoms with Crippen molar-refractivity contribution < 1.29 is 14.2 Å². The van der Waals surface area contributed by atoms with Gasteiger partial charge in [-0.1, -0.05) is 13.0 Å². The summed E-state index contributed by atoms with van der Waals surface area (Å²) in [6.07, 6.45) is 6.02. The number of fused-ring (bicyclic) bond motifs is 1. The molecule has 0 bridgehead atoms. The standard InChI is InChI=1S/C14H28O3Si/c1-4-15-14(16-5-2,18-6-3)10-11-7-8-12-13(9-11)17-12/h11-13H,4-10,18H2,1-3H3. The highest BCUT2D eigenvalue weighted by Crippen LogP contribution is 2.42. The average Bonchev–Trinajstić information content (AvgIpc) is 3.08. The van der Waals surface area contributed by atoms with Crippen LogP contribution < -0.4 is 0 Å². The molecule has 1 heterocycles. The normalized spacial score (nSPS) is 31.8. The van der Waals surface area contributed by atoms with Gasteiger partial charge in [0.1, 0.15) is 5.41 Å². The zero-order valence-corrected chi connectivity index (χ0v) is 13.5. The van der Waals surface area contributed by atoms with Crippen molar-refractivity contribution in [3.8, 4) is 0 Å². The second-order valence-corrected chi connectivity index (χ2v) is 8.20. The van der Waals surface area contributed by atoms with Gasteiger partial charge in [0.2, 0.25) is 0 Å². The molecule has 0 aromatic rings. The Kier molecular flexibility index (Phi) is 5.24. The number of epoxide rings is 1. The maximum absolute atomic E-state index is 6.06. The molecular formula is C14H28O3Si. The van der Waals surface area contributed by atoms with E-state index in [1.54, 1.807) is 0 Å². The fourth-order valence-electron chi connectivity index (χ4n) is 3.42. The molecule has 1 aliphatic heterocycles. The number of hydrogen-bond donors (Lipinski definition) is 0. The summed E-state index contributed by atoms with van der Waals surface area (Å²) in [7, 11) is -0.327. The molecule has 2 fully saturated rings. The van der Waals surface area contributed by atoms with E-state index in [-0.39, 0.29) is 14.9 Å². The summed E-state index contributed by atoms with van der Waals surface area (Å²) >= 11 is 0. The van der Waals surface area contributed by atoms with Gasteiger partial charge in [0, 0.05) is 13.2 Å². The predicted molar refractivity (Wildman–Crippen MR) is 75.6 cm³/mol. The predicted octanol–water partition coefficient (Wildman–Crippen LogP) is 2.28. The van der Waals surface area contributed by atoms with E-state index in [9.17, 15) is 0 Å².